The van der Waals surface area contributed by atoms with Crippen LogP contribution in [-0.4, -0.2) is 154 Å². The van der Waals surface area contributed by atoms with E-state index in [0.717, 1.165) is 38.4 Å². The smallest absolute Gasteiger partial charge is 0.351 e. The second kappa shape index (κ2) is 36.1. The third kappa shape index (κ3) is 19.3. The van der Waals surface area contributed by atoms with Gasteiger partial charge >= 0.3 is 11.4 Å². The van der Waals surface area contributed by atoms with E-state index in [4.69, 9.17) is 34.3 Å². The second-order valence-electron chi connectivity index (χ2n) is 29.2. The number of rotatable bonds is 17. The van der Waals surface area contributed by atoms with Crippen LogP contribution in [0.3, 0.4) is 0 Å². The van der Waals surface area contributed by atoms with Crippen LogP contribution in [0, 0.1) is 29.6 Å². The third-order valence-electron chi connectivity index (χ3n) is 22.3. The first kappa shape index (κ1) is 77.2. The highest BCUT2D eigenvalue weighted by Crippen LogP contribution is 2.66. The van der Waals surface area contributed by atoms with E-state index in [1.54, 1.807) is 46.0 Å². The van der Waals surface area contributed by atoms with Gasteiger partial charge < -0.3 is 54.1 Å². The number of nitrogens with one attached hydrogen (secondary N) is 3. The van der Waals surface area contributed by atoms with Crippen molar-refractivity contribution in [1.29, 1.82) is 0 Å². The minimum absolute atomic E-state index is 0.0599. The molecule has 0 radical (unpaired) electrons. The summed E-state index contributed by atoms with van der Waals surface area (Å²) in [5, 5.41) is 29.1. The highest BCUT2D eigenvalue weighted by atomic mass is 35.7. The van der Waals surface area contributed by atoms with Crippen molar-refractivity contribution in [3.05, 3.63) is 45.5 Å². The van der Waals surface area contributed by atoms with E-state index in [2.05, 4.69) is 81.7 Å². The third-order valence-corrected chi connectivity index (χ3v) is 26.5. The first-order valence-corrected chi connectivity index (χ1v) is 40.1. The summed E-state index contributed by atoms with van der Waals surface area (Å²) < 4.78 is 39.5. The Morgan fingerprint density at radius 3 is 1.60 bits per heavy atom. The second-order valence-corrected chi connectivity index (χ2v) is 32.6. The first-order chi connectivity index (χ1) is 45.0. The molecule has 14 atom stereocenters. The van der Waals surface area contributed by atoms with Gasteiger partial charge in [0.25, 0.3) is 8.53 Å². The Balaban J connectivity index is 0.000000166. The Morgan fingerprint density at radius 1 is 0.681 bits per heavy atom. The summed E-state index contributed by atoms with van der Waals surface area (Å²) in [6, 6.07) is 4.60. The summed E-state index contributed by atoms with van der Waals surface area (Å²) in [6.07, 6.45) is 30.6. The predicted molar refractivity (Wildman–Crippen MR) is 375 cm³/mol. The maximum absolute atomic E-state index is 12.8. The van der Waals surface area contributed by atoms with Crippen molar-refractivity contribution in [2.24, 2.45) is 29.6 Å². The van der Waals surface area contributed by atoms with Crippen molar-refractivity contribution in [3.63, 3.8) is 0 Å². The number of hydrogen-bond donors (Lipinski definition) is 5. The summed E-state index contributed by atoms with van der Waals surface area (Å²) in [6.45, 7) is 31.2. The number of carbonyl (C=O) groups excluding carboxylic acids is 2. The molecule has 10 aliphatic rings. The molecule has 0 bridgehead atoms. The van der Waals surface area contributed by atoms with Crippen molar-refractivity contribution in [2.75, 3.05) is 49.9 Å². The van der Waals surface area contributed by atoms with Crippen LogP contribution in [0.4, 0.5) is 11.6 Å². The Labute approximate surface area is 570 Å². The molecule has 12 rings (SSSR count). The topological polar surface area (TPSA) is 236 Å². The van der Waals surface area contributed by atoms with Crippen LogP contribution in [0.25, 0.3) is 0 Å². The predicted octanol–water partition coefficient (Wildman–Crippen LogP) is 13.6. The van der Waals surface area contributed by atoms with Crippen LogP contribution < -0.4 is 27.3 Å². The van der Waals surface area contributed by atoms with E-state index in [1.165, 1.54) is 163 Å². The highest BCUT2D eigenvalue weighted by molar-refractivity contribution is 7.78. The Bertz CT molecular complexity index is 2770. The number of fused-ring (bicyclic) bond motifs is 2. The minimum Gasteiger partial charge on any atom is -0.390 e. The molecular formula is C70H121ClN10O11P2. The maximum atomic E-state index is 12.8. The normalized spacial score (nSPS) is 32.9. The lowest BCUT2D eigenvalue weighted by atomic mass is 9.74. The van der Waals surface area contributed by atoms with E-state index in [1.807, 2.05) is 13.8 Å². The number of carbonyl (C=O) groups is 2. The lowest BCUT2D eigenvalue weighted by Crippen LogP contribution is -2.51. The summed E-state index contributed by atoms with van der Waals surface area (Å²) in [7, 11) is -1.97. The summed E-state index contributed by atoms with van der Waals surface area (Å²) in [4.78, 5) is 58.6. The fourth-order valence-corrected chi connectivity index (χ4v) is 21.0. The summed E-state index contributed by atoms with van der Waals surface area (Å²) >= 11 is 6.39. The van der Waals surface area contributed by atoms with Crippen LogP contribution in [0.2, 0.25) is 0 Å². The molecule has 9 heterocycles. The molecule has 0 spiro atoms. The largest absolute Gasteiger partial charge is 0.390 e. The van der Waals surface area contributed by atoms with Gasteiger partial charge in [-0.3, -0.25) is 18.7 Å². The van der Waals surface area contributed by atoms with Gasteiger partial charge in [0.05, 0.1) is 41.2 Å². The van der Waals surface area contributed by atoms with Crippen LogP contribution in [-0.2, 0) is 32.6 Å². The molecular weight excluding hydrogens is 1250 g/mol. The maximum Gasteiger partial charge on any atom is 0.351 e. The molecule has 3 unspecified atom stereocenters. The average molecular weight is 1380 g/mol. The van der Waals surface area contributed by atoms with Gasteiger partial charge in [-0.25, -0.2) is 18.9 Å². The van der Waals surface area contributed by atoms with Crippen LogP contribution >= 0.6 is 27.4 Å². The number of hydrogen-bond acceptors (Lipinski definition) is 17. The van der Waals surface area contributed by atoms with E-state index < -0.39 is 51.7 Å². The van der Waals surface area contributed by atoms with Crippen molar-refractivity contribution >= 4 is 50.9 Å². The molecule has 21 nitrogen and oxygen atoms in total. The molecule has 3 aliphatic carbocycles. The molecule has 94 heavy (non-hydrogen) atoms. The number of anilines is 2. The molecule has 10 fully saturated rings. The fourth-order valence-electron chi connectivity index (χ4n) is 16.2. The number of ether oxygens (including phenoxy) is 2. The van der Waals surface area contributed by atoms with E-state index >= 15 is 0 Å². The number of nitrogens with zero attached hydrogens (tertiary/aromatic N) is 7. The number of aromatic nitrogens is 4. The van der Waals surface area contributed by atoms with Crippen LogP contribution in [0.1, 0.15) is 256 Å². The van der Waals surface area contributed by atoms with Gasteiger partial charge in [-0.05, 0) is 178 Å². The molecule has 2 amide bonds. The molecule has 534 valence electrons. The van der Waals surface area contributed by atoms with E-state index in [9.17, 15) is 29.4 Å². The number of aliphatic hydroxyl groups excluding tert-OH is 1. The molecule has 2 aromatic rings. The SMILES string of the molecule is CCN(CC)CC.CC[C@H]1O[C@@H](n2ccc(NC(=O)C(C)C)nc2=O)CC1O.CC[C@H]1O[C@@H](n2ccc(NC(=O)C(C)C)nc2=O)CC1O[P@]1O[C@@](C)(C2CCCCC2)[C@H]2CCCN21.C[C@@]1(C2CCCCC2)OP(Cl)N2CCC[C@@H]21.C[C@](O)(C1CCCCC1)[C@H]1CCCN1. The average Bonchev–Trinajstić information content (AvgIpc) is 1.60. The Hall–Kier alpha value is -2.59. The molecule has 24 heteroatoms. The zero-order valence-corrected chi connectivity index (χ0v) is 61.8. The fraction of sp³-hybridized carbons (Fsp3) is 0.857. The van der Waals surface area contributed by atoms with Crippen molar-refractivity contribution in [3.8, 4) is 0 Å². The Morgan fingerprint density at radius 2 is 1.15 bits per heavy atom. The van der Waals surface area contributed by atoms with Crippen molar-refractivity contribution in [1.82, 2.24) is 38.7 Å². The molecule has 0 aromatic carbocycles. The van der Waals surface area contributed by atoms with E-state index in [0.29, 0.717) is 49.2 Å². The molecule has 7 aliphatic heterocycles. The molecule has 5 N–H and O–H groups in total. The summed E-state index contributed by atoms with van der Waals surface area (Å²) in [5.74, 6) is 1.62. The summed E-state index contributed by atoms with van der Waals surface area (Å²) in [5.41, 5.74) is -1.49. The van der Waals surface area contributed by atoms with Gasteiger partial charge in [-0.15, -0.1) is 0 Å². The van der Waals surface area contributed by atoms with Gasteiger partial charge in [0.15, 0.2) is 0 Å². The quantitative estimate of drug-likeness (QED) is 0.0926. The standard InChI is InChI=1S/C26H41N4O5P.C14H21N3O4.C12H21ClNOP.C12H23NO.C6H15N/c1-5-19-20(16-23(33-19)29-15-13-22(28-25(29)32)27-24(31)17(2)3)34-36-30-14-9-12-21(30)26(4,35-36)18-10-7-6-8-11-18;1-4-10-9(18)7-12(21-10)17-6-5-11(16-14(17)20)15-13(19)8(2)3;1-12(10-6-3-2-4-7-10)11-8-5-9-14(11)16(13)15-12;1-12(14,11-8-5-9-13-11)10-6-3-2-4-7-10;1-4-7(5-2)6-3/h13,15,17-21,23H,5-12,14,16H2,1-4H3,(H,27,28,31,32);5-6,8-10,12,18H,4,7H2,1-3H3,(H,15,16,19,20);10-11H,2-9H2,1H3;10-11,13-14H,2-9H2,1H3;4-6H2,1-3H3/t19-,20?,21-,23-,26+,36-;9?,10-,12-;11-,12+,16?;11-,12+;/m1111./s1. The Kier molecular flexibility index (Phi) is 29.7. The molecule has 2 aromatic heterocycles. The lowest BCUT2D eigenvalue weighted by Gasteiger charge is -2.40. The van der Waals surface area contributed by atoms with Crippen LogP contribution in [0.15, 0.2) is 34.1 Å². The van der Waals surface area contributed by atoms with Crippen LogP contribution in [0.5, 0.6) is 0 Å². The van der Waals surface area contributed by atoms with Gasteiger partial charge in [-0.1, -0.05) is 120 Å². The van der Waals surface area contributed by atoms with Gasteiger partial charge in [0.2, 0.25) is 19.5 Å². The number of halogens is 1. The zero-order chi connectivity index (χ0) is 67.9. The van der Waals surface area contributed by atoms with Gasteiger partial charge in [0, 0.05) is 68.3 Å². The molecule has 7 saturated heterocycles. The monoisotopic (exact) mass is 1370 g/mol. The zero-order valence-electron chi connectivity index (χ0n) is 59.3. The van der Waals surface area contributed by atoms with Crippen molar-refractivity contribution < 1.29 is 42.8 Å². The van der Waals surface area contributed by atoms with Gasteiger partial charge in [0.1, 0.15) is 24.1 Å². The van der Waals surface area contributed by atoms with E-state index in [-0.39, 0.29) is 64.8 Å². The minimum atomic E-state index is -1.16. The van der Waals surface area contributed by atoms with Crippen molar-refractivity contribution in [2.45, 2.75) is 315 Å². The number of aliphatic hydroxyl groups is 2. The highest BCUT2D eigenvalue weighted by Gasteiger charge is 2.59. The first-order valence-electron chi connectivity index (χ1n) is 36.8. The van der Waals surface area contributed by atoms with Gasteiger partial charge in [-0.2, -0.15) is 9.97 Å². The number of amides is 2. The lowest BCUT2D eigenvalue weighted by molar-refractivity contribution is -0.119. The molecule has 3 saturated carbocycles.